The van der Waals surface area contributed by atoms with Crippen molar-refractivity contribution >= 4 is 17.3 Å². The molecule has 0 saturated heterocycles. The minimum Gasteiger partial charge on any atom is -0.367 e. The SMILES string of the molecule is CCNCc1ccc(N(CC(C)C)C2CCCC2)c(Cl)c1. The van der Waals surface area contributed by atoms with Gasteiger partial charge in [-0.15, -0.1) is 0 Å². The summed E-state index contributed by atoms with van der Waals surface area (Å²) >= 11 is 6.60. The zero-order valence-corrected chi connectivity index (χ0v) is 14.4. The van der Waals surface area contributed by atoms with E-state index < -0.39 is 0 Å². The molecule has 1 fully saturated rings. The van der Waals surface area contributed by atoms with E-state index in [-0.39, 0.29) is 0 Å². The third-order valence-electron chi connectivity index (χ3n) is 4.23. The molecule has 0 spiro atoms. The lowest BCUT2D eigenvalue weighted by atomic mass is 10.1. The number of nitrogens with zero attached hydrogens (tertiary/aromatic N) is 1. The lowest BCUT2D eigenvalue weighted by Crippen LogP contribution is -2.36. The average molecular weight is 309 g/mol. The van der Waals surface area contributed by atoms with Crippen molar-refractivity contribution in [1.82, 2.24) is 5.32 Å². The fraction of sp³-hybridized carbons (Fsp3) is 0.667. The van der Waals surface area contributed by atoms with Crippen LogP contribution in [0.1, 0.15) is 52.0 Å². The molecule has 1 aromatic carbocycles. The molecule has 118 valence electrons. The molecule has 2 nitrogen and oxygen atoms in total. The van der Waals surface area contributed by atoms with Crippen LogP contribution >= 0.6 is 11.6 Å². The molecule has 0 atom stereocenters. The second-order valence-electron chi connectivity index (χ2n) is 6.55. The maximum Gasteiger partial charge on any atom is 0.0642 e. The summed E-state index contributed by atoms with van der Waals surface area (Å²) in [5.74, 6) is 0.656. The molecule has 2 rings (SSSR count). The number of anilines is 1. The fourth-order valence-electron chi connectivity index (χ4n) is 3.22. The lowest BCUT2D eigenvalue weighted by molar-refractivity contribution is 0.536. The number of halogens is 1. The first-order chi connectivity index (χ1) is 10.1. The van der Waals surface area contributed by atoms with Gasteiger partial charge in [-0.3, -0.25) is 0 Å². The Hall–Kier alpha value is -0.730. The smallest absolute Gasteiger partial charge is 0.0642 e. The van der Waals surface area contributed by atoms with Crippen molar-refractivity contribution in [3.8, 4) is 0 Å². The Morgan fingerprint density at radius 2 is 2.00 bits per heavy atom. The molecule has 0 aromatic heterocycles. The first-order valence-corrected chi connectivity index (χ1v) is 8.75. The number of hydrogen-bond acceptors (Lipinski definition) is 2. The molecule has 0 radical (unpaired) electrons. The Balaban J connectivity index is 2.18. The molecule has 1 saturated carbocycles. The van der Waals surface area contributed by atoms with Crippen LogP contribution in [0.3, 0.4) is 0 Å². The quantitative estimate of drug-likeness (QED) is 0.774. The van der Waals surface area contributed by atoms with Gasteiger partial charge in [-0.05, 0) is 43.0 Å². The van der Waals surface area contributed by atoms with Crippen LogP contribution in [0.2, 0.25) is 5.02 Å². The van der Waals surface area contributed by atoms with Gasteiger partial charge in [-0.25, -0.2) is 0 Å². The molecule has 1 aromatic rings. The van der Waals surface area contributed by atoms with Gasteiger partial charge in [0.05, 0.1) is 10.7 Å². The van der Waals surface area contributed by atoms with Crippen molar-refractivity contribution in [2.45, 2.75) is 59.0 Å². The summed E-state index contributed by atoms with van der Waals surface area (Å²) in [6, 6.07) is 7.23. The van der Waals surface area contributed by atoms with Gasteiger partial charge in [-0.2, -0.15) is 0 Å². The van der Waals surface area contributed by atoms with E-state index in [4.69, 9.17) is 11.6 Å². The van der Waals surface area contributed by atoms with Crippen LogP contribution in [-0.4, -0.2) is 19.1 Å². The Morgan fingerprint density at radius 1 is 1.29 bits per heavy atom. The first-order valence-electron chi connectivity index (χ1n) is 8.37. The number of rotatable bonds is 7. The Kier molecular flexibility index (Phi) is 6.38. The van der Waals surface area contributed by atoms with E-state index in [1.807, 2.05) is 0 Å². The van der Waals surface area contributed by atoms with Gasteiger partial charge in [0.2, 0.25) is 0 Å². The van der Waals surface area contributed by atoms with E-state index >= 15 is 0 Å². The molecule has 1 aliphatic carbocycles. The van der Waals surface area contributed by atoms with Gasteiger partial charge in [0.15, 0.2) is 0 Å². The highest BCUT2D eigenvalue weighted by Crippen LogP contribution is 2.34. The molecule has 21 heavy (non-hydrogen) atoms. The van der Waals surface area contributed by atoms with Gasteiger partial charge < -0.3 is 10.2 Å². The van der Waals surface area contributed by atoms with Crippen LogP contribution in [0.15, 0.2) is 18.2 Å². The Morgan fingerprint density at radius 3 is 2.57 bits per heavy atom. The first kappa shape index (κ1) is 16.6. The van der Waals surface area contributed by atoms with Crippen LogP contribution < -0.4 is 10.2 Å². The van der Waals surface area contributed by atoms with E-state index in [0.29, 0.717) is 12.0 Å². The Bertz CT molecular complexity index is 439. The zero-order chi connectivity index (χ0) is 15.2. The third-order valence-corrected chi connectivity index (χ3v) is 4.53. The van der Waals surface area contributed by atoms with E-state index in [0.717, 1.165) is 24.7 Å². The third kappa shape index (κ3) is 4.62. The van der Waals surface area contributed by atoms with Crippen LogP contribution in [0, 0.1) is 5.92 Å². The summed E-state index contributed by atoms with van der Waals surface area (Å²) < 4.78 is 0. The molecule has 3 heteroatoms. The second kappa shape index (κ2) is 8.05. The van der Waals surface area contributed by atoms with Crippen LogP contribution in [0.4, 0.5) is 5.69 Å². The van der Waals surface area contributed by atoms with Crippen LogP contribution in [0.5, 0.6) is 0 Å². The topological polar surface area (TPSA) is 15.3 Å². The van der Waals surface area contributed by atoms with E-state index in [2.05, 4.69) is 49.2 Å². The largest absolute Gasteiger partial charge is 0.367 e. The zero-order valence-electron chi connectivity index (χ0n) is 13.7. The van der Waals surface area contributed by atoms with Gasteiger partial charge in [0.25, 0.3) is 0 Å². The molecule has 1 aliphatic rings. The van der Waals surface area contributed by atoms with Crippen LogP contribution in [-0.2, 0) is 6.54 Å². The number of benzene rings is 1. The lowest BCUT2D eigenvalue weighted by Gasteiger charge is -2.33. The second-order valence-corrected chi connectivity index (χ2v) is 6.96. The average Bonchev–Trinajstić information content (AvgIpc) is 2.97. The molecular formula is C18H29ClN2. The van der Waals surface area contributed by atoms with Crippen LogP contribution in [0.25, 0.3) is 0 Å². The minimum absolute atomic E-state index is 0.656. The minimum atomic E-state index is 0.656. The van der Waals surface area contributed by atoms with Gasteiger partial charge >= 0.3 is 0 Å². The standard InChI is InChI=1S/C18H29ClN2/c1-4-20-12-15-9-10-18(17(19)11-15)21(13-14(2)3)16-7-5-6-8-16/h9-11,14,16,20H,4-8,12-13H2,1-3H3. The number of hydrogen-bond donors (Lipinski definition) is 1. The Labute approximate surface area is 134 Å². The van der Waals surface area contributed by atoms with Gasteiger partial charge in [-0.1, -0.05) is 51.3 Å². The highest BCUT2D eigenvalue weighted by atomic mass is 35.5. The summed E-state index contributed by atoms with van der Waals surface area (Å²) in [4.78, 5) is 2.55. The molecule has 0 unspecified atom stereocenters. The van der Waals surface area contributed by atoms with Crippen molar-refractivity contribution < 1.29 is 0 Å². The maximum atomic E-state index is 6.60. The van der Waals surface area contributed by atoms with Crippen molar-refractivity contribution in [2.75, 3.05) is 18.0 Å². The molecule has 0 aliphatic heterocycles. The van der Waals surface area contributed by atoms with Crippen molar-refractivity contribution in [2.24, 2.45) is 5.92 Å². The summed E-state index contributed by atoms with van der Waals surface area (Å²) in [5, 5.41) is 4.26. The molecule has 0 amide bonds. The van der Waals surface area contributed by atoms with Gasteiger partial charge in [0.1, 0.15) is 0 Å². The molecule has 0 heterocycles. The summed E-state index contributed by atoms with van der Waals surface area (Å²) in [6.45, 7) is 9.67. The summed E-state index contributed by atoms with van der Waals surface area (Å²) in [5.41, 5.74) is 2.49. The molecule has 0 bridgehead atoms. The van der Waals surface area contributed by atoms with Crippen molar-refractivity contribution in [3.05, 3.63) is 28.8 Å². The monoisotopic (exact) mass is 308 g/mol. The summed E-state index contributed by atoms with van der Waals surface area (Å²) in [7, 11) is 0. The fourth-order valence-corrected chi connectivity index (χ4v) is 3.53. The normalized spacial score (nSPS) is 15.9. The van der Waals surface area contributed by atoms with Gasteiger partial charge in [0, 0.05) is 19.1 Å². The van der Waals surface area contributed by atoms with Crippen molar-refractivity contribution in [3.63, 3.8) is 0 Å². The van der Waals surface area contributed by atoms with Crippen molar-refractivity contribution in [1.29, 1.82) is 0 Å². The predicted octanol–water partition coefficient (Wildman–Crippen LogP) is 4.85. The summed E-state index contributed by atoms with van der Waals surface area (Å²) in [6.07, 6.45) is 5.33. The highest BCUT2D eigenvalue weighted by Gasteiger charge is 2.24. The number of nitrogens with one attached hydrogen (secondary N) is 1. The van der Waals surface area contributed by atoms with E-state index in [9.17, 15) is 0 Å². The molecular weight excluding hydrogens is 280 g/mol. The highest BCUT2D eigenvalue weighted by molar-refractivity contribution is 6.33. The van der Waals surface area contributed by atoms with E-state index in [1.165, 1.54) is 36.9 Å². The predicted molar refractivity (Wildman–Crippen MR) is 93.3 cm³/mol. The molecule has 1 N–H and O–H groups in total. The van der Waals surface area contributed by atoms with E-state index in [1.54, 1.807) is 0 Å². The maximum absolute atomic E-state index is 6.60.